The van der Waals surface area contributed by atoms with Crippen LogP contribution < -0.4 is 29.0 Å². The maximum absolute atomic E-state index is 14.6. The third-order valence-electron chi connectivity index (χ3n) is 12.1. The number of fused-ring (bicyclic) bond motifs is 1. The number of aromatic nitrogens is 4. The standard InChI is InChI=1S/C56H56N6O15S3/c1-37-14-25-49(26-15-37)80(68,69)76-35-48(77-38(2)63)34-75-46-13-9-10-39(28-46)32-73-36-51(54(65)72-5)57-53(64)31-62-30-43(59-61-62)33-74-47-24-27-50-52(29-47)78-55(58-50)79(66,67)60-56(40-11-7-6-8-12-40,41-16-20-44(70-3)21-17-41)42-18-22-45(71-4)23-19-42/h6-30,48,51,60H,31-36H2,1-5H3,(H,57,64)/t48?,51-/m0/s1. The van der Waals surface area contributed by atoms with Gasteiger partial charge in [0.1, 0.15) is 60.6 Å². The van der Waals surface area contributed by atoms with E-state index in [-0.39, 0.29) is 42.2 Å². The largest absolute Gasteiger partial charge is 0.497 e. The van der Waals surface area contributed by atoms with Crippen LogP contribution in [0.25, 0.3) is 10.2 Å². The van der Waals surface area contributed by atoms with Gasteiger partial charge in [-0.25, -0.2) is 22.9 Å². The Morgan fingerprint density at radius 2 is 1.35 bits per heavy atom. The molecule has 0 fully saturated rings. The van der Waals surface area contributed by atoms with Crippen molar-refractivity contribution in [3.8, 4) is 23.0 Å². The zero-order valence-electron chi connectivity index (χ0n) is 44.0. The zero-order chi connectivity index (χ0) is 56.9. The van der Waals surface area contributed by atoms with Crippen LogP contribution in [0.5, 0.6) is 23.0 Å². The minimum atomic E-state index is -4.34. The third kappa shape index (κ3) is 14.7. The fraction of sp³-hybridized carbons (Fsp3) is 0.250. The number of ether oxygens (including phenoxy) is 7. The Labute approximate surface area is 465 Å². The summed E-state index contributed by atoms with van der Waals surface area (Å²) in [7, 11) is -4.19. The van der Waals surface area contributed by atoms with Gasteiger partial charge in [-0.05, 0) is 95.9 Å². The van der Waals surface area contributed by atoms with E-state index >= 15 is 0 Å². The van der Waals surface area contributed by atoms with Gasteiger partial charge in [0.05, 0.1) is 55.9 Å². The summed E-state index contributed by atoms with van der Waals surface area (Å²) in [5.74, 6) is -0.0833. The molecule has 2 atom stereocenters. The first kappa shape index (κ1) is 57.9. The van der Waals surface area contributed by atoms with Crippen LogP contribution in [0.4, 0.5) is 0 Å². The van der Waals surface area contributed by atoms with Crippen LogP contribution in [0.15, 0.2) is 161 Å². The molecule has 0 bridgehead atoms. The summed E-state index contributed by atoms with van der Waals surface area (Å²) >= 11 is 0.972. The molecule has 0 radical (unpaired) electrons. The Balaban J connectivity index is 0.855. The van der Waals surface area contributed by atoms with E-state index < -0.39 is 62.3 Å². The molecule has 2 aromatic heterocycles. The van der Waals surface area contributed by atoms with Crippen molar-refractivity contribution in [3.05, 3.63) is 185 Å². The average Bonchev–Trinajstić information content (AvgIpc) is 4.24. The molecule has 8 rings (SSSR count). The lowest BCUT2D eigenvalue weighted by molar-refractivity contribution is -0.149. The van der Waals surface area contributed by atoms with E-state index in [1.54, 1.807) is 93.1 Å². The molecule has 2 N–H and O–H groups in total. The summed E-state index contributed by atoms with van der Waals surface area (Å²) in [6.45, 7) is 1.61. The predicted molar refractivity (Wildman–Crippen MR) is 292 cm³/mol. The van der Waals surface area contributed by atoms with E-state index in [2.05, 4.69) is 25.3 Å². The number of carbonyl (C=O) groups excluding carboxylic acids is 3. The van der Waals surface area contributed by atoms with Crippen molar-refractivity contribution in [3.63, 3.8) is 0 Å². The van der Waals surface area contributed by atoms with E-state index in [9.17, 15) is 31.2 Å². The first-order valence-corrected chi connectivity index (χ1v) is 28.3. The molecule has 0 aliphatic carbocycles. The first-order chi connectivity index (χ1) is 38.5. The van der Waals surface area contributed by atoms with Gasteiger partial charge < -0.3 is 38.5 Å². The van der Waals surface area contributed by atoms with Gasteiger partial charge in [-0.1, -0.05) is 89.6 Å². The Bertz CT molecular complexity index is 3590. The summed E-state index contributed by atoms with van der Waals surface area (Å²) in [6, 6.07) is 40.2. The average molecular weight is 1150 g/mol. The van der Waals surface area contributed by atoms with Crippen LogP contribution in [0.1, 0.15) is 40.4 Å². The molecule has 0 saturated carbocycles. The highest BCUT2D eigenvalue weighted by Crippen LogP contribution is 2.41. The van der Waals surface area contributed by atoms with E-state index in [1.807, 2.05) is 61.5 Å². The highest BCUT2D eigenvalue weighted by atomic mass is 32.2. The number of hydrogen-bond acceptors (Lipinski definition) is 19. The lowest BCUT2D eigenvalue weighted by Crippen LogP contribution is -2.47. The molecule has 6 aromatic carbocycles. The maximum Gasteiger partial charge on any atom is 0.330 e. The SMILES string of the molecule is COC(=O)[C@H](COCc1cccc(OCC(COS(=O)(=O)c2ccc(C)cc2)OC(C)=O)c1)NC(=O)Cn1cc(COc2ccc3nc(S(=O)(=O)NC(c4ccccc4)(c4ccc(OC)cc4)c4ccc(OC)cc4)sc3c2)nn1. The minimum Gasteiger partial charge on any atom is -0.497 e. The Hall–Kier alpha value is -8.26. The quantitative estimate of drug-likeness (QED) is 0.0310. The van der Waals surface area contributed by atoms with Crippen molar-refractivity contribution in [2.24, 2.45) is 0 Å². The van der Waals surface area contributed by atoms with Crippen LogP contribution >= 0.6 is 11.3 Å². The summed E-state index contributed by atoms with van der Waals surface area (Å²) in [6.07, 6.45) is 0.434. The number of nitrogens with zero attached hydrogens (tertiary/aromatic N) is 4. The van der Waals surface area contributed by atoms with Gasteiger partial charge in [0, 0.05) is 6.92 Å². The van der Waals surface area contributed by atoms with Crippen molar-refractivity contribution in [1.29, 1.82) is 0 Å². The number of hydrogen-bond donors (Lipinski definition) is 2. The molecule has 0 spiro atoms. The molecule has 2 heterocycles. The van der Waals surface area contributed by atoms with Crippen molar-refractivity contribution < 1.29 is 68.6 Å². The van der Waals surface area contributed by atoms with Crippen LogP contribution in [-0.4, -0.2) is 108 Å². The van der Waals surface area contributed by atoms with Gasteiger partial charge in [0.15, 0.2) is 12.1 Å². The summed E-state index contributed by atoms with van der Waals surface area (Å²) < 4.78 is 103. The highest BCUT2D eigenvalue weighted by Gasteiger charge is 2.42. The van der Waals surface area contributed by atoms with Crippen LogP contribution in [0.3, 0.4) is 0 Å². The number of sulfonamides is 1. The smallest absolute Gasteiger partial charge is 0.330 e. The van der Waals surface area contributed by atoms with Crippen LogP contribution in [-0.2, 0) is 78.2 Å². The molecular weight excluding hydrogens is 1090 g/mol. The Kier molecular flexibility index (Phi) is 18.9. The zero-order valence-corrected chi connectivity index (χ0v) is 46.4. The number of benzene rings is 6. The molecule has 418 valence electrons. The van der Waals surface area contributed by atoms with Gasteiger partial charge in [-0.2, -0.15) is 13.1 Å². The monoisotopic (exact) mass is 1150 g/mol. The molecule has 0 aliphatic rings. The Morgan fingerprint density at radius 1 is 0.700 bits per heavy atom. The molecule has 1 unspecified atom stereocenters. The van der Waals surface area contributed by atoms with Crippen LogP contribution in [0, 0.1) is 6.92 Å². The fourth-order valence-corrected chi connectivity index (χ4v) is 11.8. The van der Waals surface area contributed by atoms with Crippen molar-refractivity contribution >= 4 is 59.5 Å². The molecule has 21 nitrogen and oxygen atoms in total. The van der Waals surface area contributed by atoms with Gasteiger partial charge in [-0.15, -0.1) is 16.4 Å². The molecule has 8 aromatic rings. The van der Waals surface area contributed by atoms with Crippen LogP contribution in [0.2, 0.25) is 0 Å². The van der Waals surface area contributed by atoms with E-state index in [0.717, 1.165) is 16.9 Å². The summed E-state index contributed by atoms with van der Waals surface area (Å²) in [5, 5.41) is 10.8. The van der Waals surface area contributed by atoms with Crippen molar-refractivity contribution in [2.45, 2.75) is 60.5 Å². The van der Waals surface area contributed by atoms with Crippen molar-refractivity contribution in [2.75, 3.05) is 41.2 Å². The number of aryl methyl sites for hydroxylation is 1. The fourth-order valence-electron chi connectivity index (χ4n) is 8.22. The molecule has 24 heteroatoms. The van der Waals surface area contributed by atoms with Gasteiger partial charge in [0.25, 0.3) is 20.1 Å². The second-order valence-electron chi connectivity index (χ2n) is 17.9. The summed E-state index contributed by atoms with van der Waals surface area (Å²) in [5.41, 5.74) is 2.77. The molecule has 0 aliphatic heterocycles. The Morgan fingerprint density at radius 3 is 2.00 bits per heavy atom. The third-order valence-corrected chi connectivity index (χ3v) is 16.3. The topological polar surface area (TPSA) is 261 Å². The maximum atomic E-state index is 14.6. The predicted octanol–water partition coefficient (Wildman–Crippen LogP) is 6.65. The number of thiazole rings is 1. The molecule has 0 saturated heterocycles. The van der Waals surface area contributed by atoms with Gasteiger partial charge in [0.2, 0.25) is 10.2 Å². The summed E-state index contributed by atoms with van der Waals surface area (Å²) in [4.78, 5) is 42.2. The second kappa shape index (κ2) is 26.1. The van der Waals surface area contributed by atoms with Gasteiger partial charge in [-0.3, -0.25) is 13.8 Å². The normalized spacial score (nSPS) is 12.5. The number of methoxy groups -OCH3 is 3. The van der Waals surface area contributed by atoms with Gasteiger partial charge >= 0.3 is 11.9 Å². The number of amides is 1. The lowest BCUT2D eigenvalue weighted by Gasteiger charge is -2.36. The second-order valence-corrected chi connectivity index (χ2v) is 22.4. The van der Waals surface area contributed by atoms with E-state index in [4.69, 9.17) is 37.3 Å². The number of rotatable bonds is 27. The van der Waals surface area contributed by atoms with Crippen molar-refractivity contribution in [1.82, 2.24) is 30.0 Å². The minimum absolute atomic E-state index is 0.0161. The molecule has 1 amide bonds. The number of esters is 2. The molecule has 80 heavy (non-hydrogen) atoms. The number of carbonyl (C=O) groups is 3. The lowest BCUT2D eigenvalue weighted by atomic mass is 9.78. The highest BCUT2D eigenvalue weighted by molar-refractivity contribution is 7.91. The van der Waals surface area contributed by atoms with E-state index in [0.29, 0.717) is 61.2 Å². The first-order valence-electron chi connectivity index (χ1n) is 24.6. The number of nitrogens with one attached hydrogen (secondary N) is 2. The van der Waals surface area contributed by atoms with E-state index in [1.165, 1.54) is 37.0 Å². The molecular formula is C56H56N6O15S3.